The molecule has 5 rings (SSSR count). The van der Waals surface area contributed by atoms with Gasteiger partial charge in [0.15, 0.2) is 0 Å². The molecule has 1 aromatic heterocycles. The Kier molecular flexibility index (Phi) is 9.29. The first-order valence-corrected chi connectivity index (χ1v) is 14.1. The Morgan fingerprint density at radius 3 is 1.98 bits per heavy atom. The highest BCUT2D eigenvalue weighted by Crippen LogP contribution is 2.39. The molecular formula is C35H34N4O4. The lowest BCUT2D eigenvalue weighted by Gasteiger charge is -2.33. The van der Waals surface area contributed by atoms with Crippen molar-refractivity contribution in [1.82, 2.24) is 10.3 Å². The fourth-order valence-electron chi connectivity index (χ4n) is 5.53. The standard InChI is InChI=1S/C35H34N4O4/c1-24(37-38-35(36)42)29(23-39(21-25-13-5-2-6-14-25)22-26-15-7-3-8-16-26)31(27-17-9-4-10-18-27)32-33(40)28-19-11-12-20-30(28)43-34(32)41/h2-20,29,31,40H,21-23H2,1H3,(H3,36,38,42)/b37-24-/t29-,31-/m1/s1. The molecule has 0 unspecified atom stereocenters. The Morgan fingerprint density at radius 2 is 1.40 bits per heavy atom. The highest BCUT2D eigenvalue weighted by molar-refractivity contribution is 5.89. The van der Waals surface area contributed by atoms with E-state index in [2.05, 4.69) is 39.7 Å². The van der Waals surface area contributed by atoms with Crippen molar-refractivity contribution in [3.8, 4) is 5.75 Å². The van der Waals surface area contributed by atoms with Crippen LogP contribution in [0.1, 0.15) is 35.1 Å². The van der Waals surface area contributed by atoms with E-state index in [-0.39, 0.29) is 11.3 Å². The van der Waals surface area contributed by atoms with Crippen molar-refractivity contribution in [3.63, 3.8) is 0 Å². The van der Waals surface area contributed by atoms with Gasteiger partial charge in [0.25, 0.3) is 0 Å². The van der Waals surface area contributed by atoms with E-state index in [1.54, 1.807) is 31.2 Å². The number of aromatic hydroxyl groups is 1. The molecule has 0 aliphatic heterocycles. The third-order valence-corrected chi connectivity index (χ3v) is 7.52. The Morgan fingerprint density at radius 1 is 0.860 bits per heavy atom. The number of benzene rings is 4. The Bertz CT molecular complexity index is 1710. The van der Waals surface area contributed by atoms with Crippen LogP contribution in [-0.4, -0.2) is 28.3 Å². The van der Waals surface area contributed by atoms with Crippen LogP contribution < -0.4 is 16.8 Å². The van der Waals surface area contributed by atoms with Crippen molar-refractivity contribution < 1.29 is 14.3 Å². The van der Waals surface area contributed by atoms with Crippen molar-refractivity contribution >= 4 is 22.7 Å². The highest BCUT2D eigenvalue weighted by Gasteiger charge is 2.35. The third kappa shape index (κ3) is 7.17. The molecule has 0 saturated heterocycles. The van der Waals surface area contributed by atoms with Crippen molar-refractivity contribution in [2.45, 2.75) is 25.9 Å². The third-order valence-electron chi connectivity index (χ3n) is 7.52. The number of rotatable bonds is 11. The van der Waals surface area contributed by atoms with Gasteiger partial charge in [0.05, 0.1) is 10.9 Å². The molecule has 218 valence electrons. The van der Waals surface area contributed by atoms with Crippen LogP contribution in [0.5, 0.6) is 5.75 Å². The molecule has 0 fully saturated rings. The van der Waals surface area contributed by atoms with Crippen LogP contribution in [0.3, 0.4) is 0 Å². The molecule has 0 saturated carbocycles. The molecule has 0 radical (unpaired) electrons. The van der Waals surface area contributed by atoms with Crippen LogP contribution in [0.25, 0.3) is 11.0 Å². The molecule has 0 aliphatic rings. The molecule has 1 heterocycles. The van der Waals surface area contributed by atoms with Crippen LogP contribution in [0.2, 0.25) is 0 Å². The zero-order valence-corrected chi connectivity index (χ0v) is 23.9. The first-order chi connectivity index (χ1) is 20.9. The second-order valence-electron chi connectivity index (χ2n) is 10.5. The number of hydrazone groups is 1. The molecule has 8 heteroatoms. The van der Waals surface area contributed by atoms with Crippen LogP contribution in [0, 0.1) is 5.92 Å². The van der Waals surface area contributed by atoms with E-state index < -0.39 is 23.5 Å². The predicted molar refractivity (Wildman–Crippen MR) is 169 cm³/mol. The topological polar surface area (TPSA) is 121 Å². The molecular weight excluding hydrogens is 540 g/mol. The van der Waals surface area contributed by atoms with Crippen LogP contribution in [0.15, 0.2) is 130 Å². The first-order valence-electron chi connectivity index (χ1n) is 14.1. The minimum atomic E-state index is -0.798. The number of primary amides is 1. The summed E-state index contributed by atoms with van der Waals surface area (Å²) in [5.74, 6) is -1.30. The highest BCUT2D eigenvalue weighted by atomic mass is 16.4. The second kappa shape index (κ2) is 13.6. The second-order valence-corrected chi connectivity index (χ2v) is 10.5. The number of hydrogen-bond acceptors (Lipinski definition) is 6. The lowest BCUT2D eigenvalue weighted by Crippen LogP contribution is -2.38. The van der Waals surface area contributed by atoms with E-state index in [0.717, 1.165) is 16.7 Å². The molecule has 0 spiro atoms. The number of amides is 2. The maximum Gasteiger partial charge on any atom is 0.343 e. The molecule has 0 aliphatic carbocycles. The zero-order chi connectivity index (χ0) is 30.2. The lowest BCUT2D eigenvalue weighted by atomic mass is 9.78. The van der Waals surface area contributed by atoms with Gasteiger partial charge in [0.1, 0.15) is 11.3 Å². The summed E-state index contributed by atoms with van der Waals surface area (Å²) >= 11 is 0. The predicted octanol–water partition coefficient (Wildman–Crippen LogP) is 5.99. The van der Waals surface area contributed by atoms with E-state index in [9.17, 15) is 14.7 Å². The van der Waals surface area contributed by atoms with E-state index in [1.807, 2.05) is 66.7 Å². The quantitative estimate of drug-likeness (QED) is 0.102. The fraction of sp³-hybridized carbons (Fsp3) is 0.171. The van der Waals surface area contributed by atoms with E-state index in [1.165, 1.54) is 0 Å². The van der Waals surface area contributed by atoms with Crippen LogP contribution in [-0.2, 0) is 13.1 Å². The van der Waals surface area contributed by atoms with Gasteiger partial charge in [-0.1, -0.05) is 103 Å². The number of para-hydroxylation sites is 1. The Labute approximate surface area is 250 Å². The summed E-state index contributed by atoms with van der Waals surface area (Å²) in [5.41, 5.74) is 11.1. The molecule has 0 bridgehead atoms. The molecule has 43 heavy (non-hydrogen) atoms. The molecule has 8 nitrogen and oxygen atoms in total. The lowest BCUT2D eigenvalue weighted by molar-refractivity contribution is 0.228. The summed E-state index contributed by atoms with van der Waals surface area (Å²) in [6, 6.07) is 35.9. The number of carbonyl (C=O) groups excluding carboxylic acids is 1. The summed E-state index contributed by atoms with van der Waals surface area (Å²) in [5, 5.41) is 16.4. The number of fused-ring (bicyclic) bond motifs is 1. The smallest absolute Gasteiger partial charge is 0.343 e. The summed E-state index contributed by atoms with van der Waals surface area (Å²) in [7, 11) is 0. The summed E-state index contributed by atoms with van der Waals surface area (Å²) in [6.07, 6.45) is 0. The molecule has 4 N–H and O–H groups in total. The minimum Gasteiger partial charge on any atom is -0.507 e. The Hall–Kier alpha value is -5.21. The number of nitrogens with one attached hydrogen (secondary N) is 1. The maximum absolute atomic E-state index is 13.7. The molecule has 2 atom stereocenters. The van der Waals surface area contributed by atoms with Gasteiger partial charge in [-0.15, -0.1) is 0 Å². The van der Waals surface area contributed by atoms with Crippen LogP contribution in [0.4, 0.5) is 4.79 Å². The van der Waals surface area contributed by atoms with Crippen molar-refractivity contribution in [3.05, 3.63) is 148 Å². The van der Waals surface area contributed by atoms with E-state index in [0.29, 0.717) is 36.3 Å². The van der Waals surface area contributed by atoms with Crippen LogP contribution >= 0.6 is 0 Å². The number of hydrogen-bond donors (Lipinski definition) is 3. The zero-order valence-electron chi connectivity index (χ0n) is 23.9. The maximum atomic E-state index is 13.7. The first kappa shape index (κ1) is 29.3. The summed E-state index contributed by atoms with van der Waals surface area (Å²) < 4.78 is 5.74. The van der Waals surface area contributed by atoms with Gasteiger partial charge in [-0.25, -0.2) is 15.0 Å². The number of urea groups is 1. The average Bonchev–Trinajstić information content (AvgIpc) is 3.02. The molecule has 2 amide bonds. The van der Waals surface area contributed by atoms with Gasteiger partial charge in [0.2, 0.25) is 0 Å². The Balaban J connectivity index is 1.67. The van der Waals surface area contributed by atoms with Crippen molar-refractivity contribution in [2.24, 2.45) is 16.8 Å². The van der Waals surface area contributed by atoms with Gasteiger partial charge in [-0.05, 0) is 35.7 Å². The molecule has 4 aromatic carbocycles. The largest absolute Gasteiger partial charge is 0.507 e. The summed E-state index contributed by atoms with van der Waals surface area (Å²) in [4.78, 5) is 27.6. The van der Waals surface area contributed by atoms with Crippen molar-refractivity contribution in [2.75, 3.05) is 6.54 Å². The van der Waals surface area contributed by atoms with Gasteiger partial charge in [-0.3, -0.25) is 4.90 Å². The fourth-order valence-corrected chi connectivity index (χ4v) is 5.53. The normalized spacial score (nSPS) is 13.1. The van der Waals surface area contributed by atoms with Gasteiger partial charge < -0.3 is 15.3 Å². The number of nitrogens with zero attached hydrogens (tertiary/aromatic N) is 2. The monoisotopic (exact) mass is 574 g/mol. The average molecular weight is 575 g/mol. The van der Waals surface area contributed by atoms with Gasteiger partial charge >= 0.3 is 11.7 Å². The number of nitrogens with two attached hydrogens (primary N) is 1. The SMILES string of the molecule is C/C(=N/NC(N)=O)[C@@H](CN(Cc1ccccc1)Cc1ccccc1)[C@@H](c1ccccc1)c1c(O)c2ccccc2oc1=O. The van der Waals surface area contributed by atoms with Gasteiger partial charge in [-0.2, -0.15) is 5.10 Å². The van der Waals surface area contributed by atoms with Gasteiger partial charge in [0, 0.05) is 37.2 Å². The molecule has 5 aromatic rings. The number of carbonyl (C=O) groups is 1. The van der Waals surface area contributed by atoms with E-state index in [4.69, 9.17) is 10.2 Å². The van der Waals surface area contributed by atoms with Crippen molar-refractivity contribution in [1.29, 1.82) is 0 Å². The summed E-state index contributed by atoms with van der Waals surface area (Å²) in [6.45, 7) is 3.44. The van der Waals surface area contributed by atoms with E-state index >= 15 is 0 Å². The minimum absolute atomic E-state index is 0.128.